The zero-order valence-electron chi connectivity index (χ0n) is 9.62. The van der Waals surface area contributed by atoms with E-state index in [2.05, 4.69) is 0 Å². The first-order valence-corrected chi connectivity index (χ1v) is 5.06. The Hall–Kier alpha value is -1.06. The summed E-state index contributed by atoms with van der Waals surface area (Å²) < 4.78 is 4.69. The highest BCUT2D eigenvalue weighted by molar-refractivity contribution is 5.79. The molecule has 0 spiro atoms. The first-order valence-electron chi connectivity index (χ1n) is 5.06. The van der Waals surface area contributed by atoms with Crippen LogP contribution >= 0.6 is 0 Å². The third-order valence-electron chi connectivity index (χ3n) is 4.16. The molecule has 0 heterocycles. The summed E-state index contributed by atoms with van der Waals surface area (Å²) in [5.41, 5.74) is -1.58. The highest BCUT2D eigenvalue weighted by Gasteiger charge is 2.55. The van der Waals surface area contributed by atoms with E-state index in [1.54, 1.807) is 20.8 Å². The van der Waals surface area contributed by atoms with Crippen LogP contribution in [0.3, 0.4) is 0 Å². The molecular weight excluding hydrogens is 196 g/mol. The lowest BCUT2D eigenvalue weighted by Gasteiger charge is -2.41. The Morgan fingerprint density at radius 3 is 2.20 bits per heavy atom. The van der Waals surface area contributed by atoms with Gasteiger partial charge in [0.15, 0.2) is 0 Å². The molecule has 1 aliphatic rings. The molecule has 0 unspecified atom stereocenters. The smallest absolute Gasteiger partial charge is 0.309 e. The zero-order valence-corrected chi connectivity index (χ0v) is 9.62. The second-order valence-electron chi connectivity index (χ2n) is 4.96. The number of aliphatic carboxylic acids is 1. The predicted octanol–water partition coefficient (Wildman–Crippen LogP) is 0.352. The number of carbonyl (C=O) groups excluding carboxylic acids is 2. The lowest BCUT2D eigenvalue weighted by molar-refractivity contribution is -0.323. The van der Waals surface area contributed by atoms with E-state index in [1.807, 2.05) is 0 Å². The Morgan fingerprint density at radius 1 is 1.33 bits per heavy atom. The van der Waals surface area contributed by atoms with Crippen LogP contribution in [0.5, 0.6) is 0 Å². The summed E-state index contributed by atoms with van der Waals surface area (Å²) in [5, 5.41) is 11.1. The minimum atomic E-state index is -1.08. The highest BCUT2D eigenvalue weighted by Crippen LogP contribution is 2.55. The molecule has 1 fully saturated rings. The van der Waals surface area contributed by atoms with Gasteiger partial charge in [-0.25, -0.2) is 0 Å². The minimum absolute atomic E-state index is 0.329. The number of rotatable bonds is 2. The number of carboxylic acid groups (broad SMARTS) is 1. The average molecular weight is 213 g/mol. The van der Waals surface area contributed by atoms with Crippen LogP contribution in [0.4, 0.5) is 0 Å². The average Bonchev–Trinajstić information content (AvgIpc) is 2.39. The monoisotopic (exact) mass is 213 g/mol. The van der Waals surface area contributed by atoms with Crippen molar-refractivity contribution in [2.24, 2.45) is 16.7 Å². The third-order valence-corrected chi connectivity index (χ3v) is 4.16. The number of carbonyl (C=O) groups is 2. The number of esters is 1. The molecule has 2 atom stereocenters. The van der Waals surface area contributed by atoms with Gasteiger partial charge in [0.2, 0.25) is 0 Å². The lowest BCUT2D eigenvalue weighted by atomic mass is 9.66. The molecule has 86 valence electrons. The van der Waals surface area contributed by atoms with Gasteiger partial charge in [-0.3, -0.25) is 4.79 Å². The van der Waals surface area contributed by atoms with Crippen LogP contribution in [-0.2, 0) is 14.3 Å². The number of hydrogen-bond donors (Lipinski definition) is 0. The molecular formula is C11H17O4-. The fourth-order valence-electron chi connectivity index (χ4n) is 2.42. The van der Waals surface area contributed by atoms with Crippen LogP contribution < -0.4 is 5.11 Å². The Balaban J connectivity index is 3.04. The zero-order chi connectivity index (χ0) is 11.9. The van der Waals surface area contributed by atoms with Gasteiger partial charge in [0.05, 0.1) is 13.0 Å². The maximum absolute atomic E-state index is 11.5. The Bertz CT molecular complexity index is 295. The van der Waals surface area contributed by atoms with E-state index in [4.69, 9.17) is 4.74 Å². The van der Waals surface area contributed by atoms with Gasteiger partial charge in [-0.15, -0.1) is 0 Å². The fraction of sp³-hybridized carbons (Fsp3) is 0.818. The molecule has 1 saturated carbocycles. The molecule has 0 aromatic heterocycles. The molecule has 0 aliphatic heterocycles. The number of carboxylic acids is 1. The standard InChI is InChI=1S/C11H18O4/c1-10(2)7(8(12)15-4)5-6-11(10,3)9(13)14/h7H,5-6H2,1-4H3,(H,13,14)/p-1/t7-,11-/m0/s1. The SMILES string of the molecule is COC(=O)[C@@H]1CC[C@@](C)(C(=O)[O-])C1(C)C. The molecule has 0 bridgehead atoms. The van der Waals surface area contributed by atoms with E-state index in [1.165, 1.54) is 7.11 Å². The van der Waals surface area contributed by atoms with E-state index in [-0.39, 0.29) is 11.9 Å². The van der Waals surface area contributed by atoms with E-state index >= 15 is 0 Å². The molecule has 0 saturated heterocycles. The van der Waals surface area contributed by atoms with Crippen molar-refractivity contribution in [1.29, 1.82) is 0 Å². The van der Waals surface area contributed by atoms with Gasteiger partial charge < -0.3 is 14.6 Å². The van der Waals surface area contributed by atoms with E-state index < -0.39 is 16.8 Å². The van der Waals surface area contributed by atoms with Crippen molar-refractivity contribution in [3.63, 3.8) is 0 Å². The number of ether oxygens (including phenoxy) is 1. The summed E-state index contributed by atoms with van der Waals surface area (Å²) in [7, 11) is 1.33. The molecule has 4 nitrogen and oxygen atoms in total. The molecule has 1 rings (SSSR count). The quantitative estimate of drug-likeness (QED) is 0.621. The van der Waals surface area contributed by atoms with Gasteiger partial charge >= 0.3 is 5.97 Å². The van der Waals surface area contributed by atoms with Crippen LogP contribution in [0.25, 0.3) is 0 Å². The third kappa shape index (κ3) is 1.52. The summed E-state index contributed by atoms with van der Waals surface area (Å²) in [5.74, 6) is -1.77. The van der Waals surface area contributed by atoms with Crippen LogP contribution in [0, 0.1) is 16.7 Å². The molecule has 0 radical (unpaired) electrons. The maximum Gasteiger partial charge on any atom is 0.309 e. The predicted molar refractivity (Wildman–Crippen MR) is 51.6 cm³/mol. The van der Waals surface area contributed by atoms with Crippen molar-refractivity contribution in [3.8, 4) is 0 Å². The summed E-state index contributed by atoms with van der Waals surface area (Å²) >= 11 is 0. The van der Waals surface area contributed by atoms with Crippen molar-refractivity contribution in [1.82, 2.24) is 0 Å². The van der Waals surface area contributed by atoms with E-state index in [9.17, 15) is 14.7 Å². The number of hydrogen-bond acceptors (Lipinski definition) is 4. The second kappa shape index (κ2) is 3.51. The van der Waals surface area contributed by atoms with Gasteiger partial charge in [-0.1, -0.05) is 20.8 Å². The van der Waals surface area contributed by atoms with Crippen molar-refractivity contribution < 1.29 is 19.4 Å². The van der Waals surface area contributed by atoms with Crippen molar-refractivity contribution in [2.75, 3.05) is 7.11 Å². The molecule has 0 aromatic carbocycles. The summed E-state index contributed by atoms with van der Waals surface area (Å²) in [6, 6.07) is 0. The molecule has 15 heavy (non-hydrogen) atoms. The molecule has 0 amide bonds. The summed E-state index contributed by atoms with van der Waals surface area (Å²) in [4.78, 5) is 22.6. The van der Waals surface area contributed by atoms with Gasteiger partial charge in [0.25, 0.3) is 0 Å². The van der Waals surface area contributed by atoms with Gasteiger partial charge in [0.1, 0.15) is 0 Å². The number of methoxy groups -OCH3 is 1. The first kappa shape index (κ1) is 12.0. The van der Waals surface area contributed by atoms with Crippen LogP contribution in [-0.4, -0.2) is 19.0 Å². The summed E-state index contributed by atoms with van der Waals surface area (Å²) in [6.45, 7) is 5.22. The Kier molecular flexibility index (Phi) is 2.81. The molecule has 1 aliphatic carbocycles. The fourth-order valence-corrected chi connectivity index (χ4v) is 2.42. The van der Waals surface area contributed by atoms with E-state index in [0.717, 1.165) is 0 Å². The largest absolute Gasteiger partial charge is 0.550 e. The Morgan fingerprint density at radius 2 is 1.87 bits per heavy atom. The lowest BCUT2D eigenvalue weighted by Crippen LogP contribution is -2.49. The Labute approximate surface area is 89.6 Å². The van der Waals surface area contributed by atoms with Crippen molar-refractivity contribution in [3.05, 3.63) is 0 Å². The van der Waals surface area contributed by atoms with Gasteiger partial charge in [-0.2, -0.15) is 0 Å². The van der Waals surface area contributed by atoms with Crippen molar-refractivity contribution >= 4 is 11.9 Å². The maximum atomic E-state index is 11.5. The highest BCUT2D eigenvalue weighted by atomic mass is 16.5. The van der Waals surface area contributed by atoms with Crippen LogP contribution in [0.2, 0.25) is 0 Å². The first-order chi connectivity index (χ1) is 6.77. The van der Waals surface area contributed by atoms with Gasteiger partial charge in [0, 0.05) is 11.4 Å². The van der Waals surface area contributed by atoms with Crippen molar-refractivity contribution in [2.45, 2.75) is 33.6 Å². The molecule has 4 heteroatoms. The van der Waals surface area contributed by atoms with E-state index in [0.29, 0.717) is 12.8 Å². The second-order valence-corrected chi connectivity index (χ2v) is 4.96. The summed E-state index contributed by atoms with van der Waals surface area (Å²) in [6.07, 6.45) is 1.01. The minimum Gasteiger partial charge on any atom is -0.550 e. The normalized spacial score (nSPS) is 33.7. The molecule has 0 aromatic rings. The van der Waals surface area contributed by atoms with Crippen LogP contribution in [0.15, 0.2) is 0 Å². The molecule has 0 N–H and O–H groups in total. The van der Waals surface area contributed by atoms with Crippen LogP contribution in [0.1, 0.15) is 33.6 Å². The van der Waals surface area contributed by atoms with Gasteiger partial charge in [-0.05, 0) is 18.3 Å². The topological polar surface area (TPSA) is 66.4 Å².